The van der Waals surface area contributed by atoms with E-state index in [1.807, 2.05) is 30.3 Å². The molecule has 2 atom stereocenters. The lowest BCUT2D eigenvalue weighted by molar-refractivity contribution is -0.307. The van der Waals surface area contributed by atoms with Crippen molar-refractivity contribution in [2.75, 3.05) is 0 Å². The van der Waals surface area contributed by atoms with Crippen molar-refractivity contribution < 1.29 is 15.0 Å². The topological polar surface area (TPSA) is 60.4 Å². The second-order valence-electron chi connectivity index (χ2n) is 4.52. The minimum atomic E-state index is -1.12. The third kappa shape index (κ3) is 3.01. The van der Waals surface area contributed by atoms with Gasteiger partial charge in [-0.3, -0.25) is 0 Å². The third-order valence-corrected chi connectivity index (χ3v) is 3.20. The third-order valence-electron chi connectivity index (χ3n) is 3.20. The fourth-order valence-electron chi connectivity index (χ4n) is 1.96. The van der Waals surface area contributed by atoms with Crippen LogP contribution in [0, 0.1) is 0 Å². The fourth-order valence-corrected chi connectivity index (χ4v) is 1.96. The smallest absolute Gasteiger partial charge is 0.104 e. The fraction of sp³-hybridized carbons (Fsp3) is 0.188. The standard InChI is InChI=1S/C16H16O3/c1-11(16(18)19)13-8-5-9-14(10-13)15(17)12-6-3-2-4-7-12/h2-11,15,17H,1H3,(H,18,19)/p-1. The van der Waals surface area contributed by atoms with Gasteiger partial charge in [0, 0.05) is 11.9 Å². The van der Waals surface area contributed by atoms with Crippen LogP contribution >= 0.6 is 0 Å². The van der Waals surface area contributed by atoms with Crippen LogP contribution in [0.2, 0.25) is 0 Å². The lowest BCUT2D eigenvalue weighted by atomic mass is 9.95. The first-order chi connectivity index (χ1) is 9.09. The van der Waals surface area contributed by atoms with Gasteiger partial charge in [0.05, 0.1) is 0 Å². The molecule has 0 bridgehead atoms. The number of carboxylic acids is 1. The Morgan fingerprint density at radius 1 is 1.00 bits per heavy atom. The summed E-state index contributed by atoms with van der Waals surface area (Å²) in [6, 6.07) is 16.2. The highest BCUT2D eigenvalue weighted by Crippen LogP contribution is 2.24. The van der Waals surface area contributed by atoms with E-state index in [1.54, 1.807) is 31.2 Å². The Morgan fingerprint density at radius 2 is 1.58 bits per heavy atom. The zero-order chi connectivity index (χ0) is 13.8. The van der Waals surface area contributed by atoms with Crippen molar-refractivity contribution in [1.82, 2.24) is 0 Å². The van der Waals surface area contributed by atoms with E-state index < -0.39 is 18.0 Å². The molecule has 3 nitrogen and oxygen atoms in total. The van der Waals surface area contributed by atoms with Gasteiger partial charge in [-0.15, -0.1) is 0 Å². The number of carboxylic acid groups (broad SMARTS) is 1. The molecular weight excluding hydrogens is 240 g/mol. The predicted molar refractivity (Wildman–Crippen MR) is 70.4 cm³/mol. The van der Waals surface area contributed by atoms with Gasteiger partial charge in [0.15, 0.2) is 0 Å². The Balaban J connectivity index is 2.31. The zero-order valence-corrected chi connectivity index (χ0v) is 10.6. The van der Waals surface area contributed by atoms with Gasteiger partial charge in [-0.1, -0.05) is 61.5 Å². The number of carbonyl (C=O) groups excluding carboxylic acids is 1. The van der Waals surface area contributed by atoms with Crippen LogP contribution in [0.15, 0.2) is 54.6 Å². The van der Waals surface area contributed by atoms with Crippen LogP contribution in [0.4, 0.5) is 0 Å². The van der Waals surface area contributed by atoms with Crippen LogP contribution in [0.5, 0.6) is 0 Å². The Bertz CT molecular complexity index is 563. The van der Waals surface area contributed by atoms with Gasteiger partial charge < -0.3 is 15.0 Å². The highest BCUT2D eigenvalue weighted by molar-refractivity contribution is 5.73. The van der Waals surface area contributed by atoms with Gasteiger partial charge in [-0.25, -0.2) is 0 Å². The van der Waals surface area contributed by atoms with Gasteiger partial charge in [-0.05, 0) is 16.7 Å². The molecule has 2 unspecified atom stereocenters. The Morgan fingerprint density at radius 3 is 2.21 bits per heavy atom. The molecule has 0 aliphatic carbocycles. The van der Waals surface area contributed by atoms with Crippen molar-refractivity contribution >= 4 is 5.97 Å². The summed E-state index contributed by atoms with van der Waals surface area (Å²) in [4.78, 5) is 10.9. The number of aliphatic hydroxyl groups excluding tert-OH is 1. The summed E-state index contributed by atoms with van der Waals surface area (Å²) in [6.07, 6.45) is -0.755. The maximum absolute atomic E-state index is 10.9. The van der Waals surface area contributed by atoms with Gasteiger partial charge in [0.25, 0.3) is 0 Å². The van der Waals surface area contributed by atoms with E-state index in [0.717, 1.165) is 5.56 Å². The van der Waals surface area contributed by atoms with Crippen LogP contribution in [0.1, 0.15) is 35.6 Å². The number of rotatable bonds is 4. The maximum Gasteiger partial charge on any atom is 0.104 e. The molecule has 2 aromatic rings. The van der Waals surface area contributed by atoms with Crippen LogP contribution in [0.25, 0.3) is 0 Å². The highest BCUT2D eigenvalue weighted by Gasteiger charge is 2.12. The summed E-state index contributed by atoms with van der Waals surface area (Å²) in [5.41, 5.74) is 2.09. The predicted octanol–water partition coefficient (Wildman–Crippen LogP) is 1.62. The minimum Gasteiger partial charge on any atom is -0.550 e. The van der Waals surface area contributed by atoms with Gasteiger partial charge >= 0.3 is 0 Å². The molecule has 0 saturated heterocycles. The molecular formula is C16H15O3-. The van der Waals surface area contributed by atoms with E-state index >= 15 is 0 Å². The molecule has 2 rings (SSSR count). The van der Waals surface area contributed by atoms with Crippen molar-refractivity contribution in [1.29, 1.82) is 0 Å². The number of hydrogen-bond acceptors (Lipinski definition) is 3. The monoisotopic (exact) mass is 255 g/mol. The van der Waals surface area contributed by atoms with Gasteiger partial charge in [0.1, 0.15) is 6.10 Å². The summed E-state index contributed by atoms with van der Waals surface area (Å²) in [6.45, 7) is 1.57. The first-order valence-corrected chi connectivity index (χ1v) is 6.13. The molecule has 3 heteroatoms. The quantitative estimate of drug-likeness (QED) is 0.903. The van der Waals surface area contributed by atoms with Crippen LogP contribution in [-0.2, 0) is 4.79 Å². The molecule has 0 saturated carbocycles. The van der Waals surface area contributed by atoms with Crippen molar-refractivity contribution in [3.8, 4) is 0 Å². The van der Waals surface area contributed by atoms with Crippen molar-refractivity contribution in [2.24, 2.45) is 0 Å². The average molecular weight is 255 g/mol. The molecule has 2 aromatic carbocycles. The maximum atomic E-state index is 10.9. The van der Waals surface area contributed by atoms with Crippen LogP contribution in [-0.4, -0.2) is 11.1 Å². The second kappa shape index (κ2) is 5.67. The first-order valence-electron chi connectivity index (χ1n) is 6.13. The van der Waals surface area contributed by atoms with Crippen LogP contribution < -0.4 is 5.11 Å². The molecule has 0 fully saturated rings. The number of carbonyl (C=O) groups is 1. The highest BCUT2D eigenvalue weighted by atomic mass is 16.4. The van der Waals surface area contributed by atoms with E-state index in [-0.39, 0.29) is 0 Å². The van der Waals surface area contributed by atoms with Gasteiger partial charge in [0.2, 0.25) is 0 Å². The Kier molecular flexibility index (Phi) is 3.97. The normalized spacial score (nSPS) is 13.8. The van der Waals surface area contributed by atoms with Crippen molar-refractivity contribution in [3.63, 3.8) is 0 Å². The molecule has 0 amide bonds. The van der Waals surface area contributed by atoms with E-state index in [9.17, 15) is 15.0 Å². The van der Waals surface area contributed by atoms with E-state index in [2.05, 4.69) is 0 Å². The summed E-state index contributed by atoms with van der Waals surface area (Å²) >= 11 is 0. The zero-order valence-electron chi connectivity index (χ0n) is 10.6. The molecule has 1 N–H and O–H groups in total. The minimum absolute atomic E-state index is 0.632. The summed E-state index contributed by atoms with van der Waals surface area (Å²) in [5, 5.41) is 21.2. The van der Waals surface area contributed by atoms with E-state index in [1.165, 1.54) is 0 Å². The lowest BCUT2D eigenvalue weighted by Gasteiger charge is -2.16. The number of aliphatic carboxylic acids is 1. The molecule has 98 valence electrons. The number of hydrogen-bond donors (Lipinski definition) is 1. The number of aliphatic hydroxyl groups is 1. The first kappa shape index (κ1) is 13.3. The summed E-state index contributed by atoms with van der Waals surface area (Å²) in [5.74, 6) is -1.81. The van der Waals surface area contributed by atoms with Crippen molar-refractivity contribution in [2.45, 2.75) is 18.9 Å². The molecule has 0 radical (unpaired) electrons. The van der Waals surface area contributed by atoms with E-state index in [4.69, 9.17) is 0 Å². The molecule has 0 aromatic heterocycles. The number of benzene rings is 2. The SMILES string of the molecule is CC(C(=O)[O-])c1cccc(C(O)c2ccccc2)c1. The molecule has 19 heavy (non-hydrogen) atoms. The molecule has 0 aliphatic rings. The molecule has 0 aliphatic heterocycles. The largest absolute Gasteiger partial charge is 0.550 e. The lowest BCUT2D eigenvalue weighted by Crippen LogP contribution is -2.28. The molecule has 0 heterocycles. The van der Waals surface area contributed by atoms with E-state index in [0.29, 0.717) is 11.1 Å². The van der Waals surface area contributed by atoms with Gasteiger partial charge in [-0.2, -0.15) is 0 Å². The second-order valence-corrected chi connectivity index (χ2v) is 4.52. The Hall–Kier alpha value is -2.13. The Labute approximate surface area is 112 Å². The summed E-state index contributed by atoms with van der Waals surface area (Å²) in [7, 11) is 0. The van der Waals surface area contributed by atoms with Crippen molar-refractivity contribution in [3.05, 3.63) is 71.3 Å². The van der Waals surface area contributed by atoms with Crippen LogP contribution in [0.3, 0.4) is 0 Å². The molecule has 0 spiro atoms. The average Bonchev–Trinajstić information content (AvgIpc) is 2.46. The summed E-state index contributed by atoms with van der Waals surface area (Å²) < 4.78 is 0.